The van der Waals surface area contributed by atoms with Gasteiger partial charge in [-0.2, -0.15) is 4.31 Å². The van der Waals surface area contributed by atoms with E-state index in [4.69, 9.17) is 9.47 Å². The molecule has 0 radical (unpaired) electrons. The molecule has 4 aliphatic rings. The van der Waals surface area contributed by atoms with E-state index in [1.807, 2.05) is 60.7 Å². The standard InChI is InChI=1S/C34H38N2O5S/c1-23(37)40-31(25-12-7-4-8-13-25)21-36-19-18-34-27-16-17-28(35(2)42(38,39)22-24-10-5-3-6-11-24)33(34)41-30-15-9-14-26(32(30)34)20-29(27)36/h3-15,27-29,31,33H,16-22H2,1-2H3/t27-,28-,29+,31?,33-,34-/m0/s1. The van der Waals surface area contributed by atoms with Gasteiger partial charge in [-0.15, -0.1) is 0 Å². The number of likely N-dealkylation sites (N-methyl/N-ethyl adjacent to an activating group) is 1. The molecule has 3 aromatic rings. The molecule has 42 heavy (non-hydrogen) atoms. The van der Waals surface area contributed by atoms with Gasteiger partial charge in [-0.3, -0.25) is 9.69 Å². The Kier molecular flexibility index (Phi) is 6.91. The molecule has 1 unspecified atom stereocenters. The summed E-state index contributed by atoms with van der Waals surface area (Å²) in [5.74, 6) is 0.968. The number of piperidine rings is 1. The lowest BCUT2D eigenvalue weighted by Gasteiger charge is -2.60. The van der Waals surface area contributed by atoms with Crippen LogP contribution < -0.4 is 4.74 Å². The highest BCUT2D eigenvalue weighted by Gasteiger charge is 2.66. The number of carbonyl (C=O) groups excluding carboxylic acids is 1. The van der Waals surface area contributed by atoms with E-state index in [1.165, 1.54) is 18.1 Å². The fourth-order valence-corrected chi connectivity index (χ4v) is 10.00. The van der Waals surface area contributed by atoms with Gasteiger partial charge < -0.3 is 9.47 Å². The van der Waals surface area contributed by atoms with Crippen molar-refractivity contribution in [3.8, 4) is 5.75 Å². The highest BCUT2D eigenvalue weighted by Crippen LogP contribution is 2.62. The van der Waals surface area contributed by atoms with E-state index in [0.717, 1.165) is 49.1 Å². The average Bonchev–Trinajstić information content (AvgIpc) is 3.32. The summed E-state index contributed by atoms with van der Waals surface area (Å²) in [6, 6.07) is 25.8. The Morgan fingerprint density at radius 1 is 1.05 bits per heavy atom. The number of benzene rings is 3. The second kappa shape index (κ2) is 10.5. The van der Waals surface area contributed by atoms with Crippen LogP contribution in [0.1, 0.15) is 54.5 Å². The molecule has 1 saturated heterocycles. The van der Waals surface area contributed by atoms with Gasteiger partial charge in [-0.25, -0.2) is 8.42 Å². The number of nitrogens with zero attached hydrogens (tertiary/aromatic N) is 2. The molecule has 0 amide bonds. The second-order valence-electron chi connectivity index (χ2n) is 12.4. The molecule has 2 heterocycles. The van der Waals surface area contributed by atoms with Crippen molar-refractivity contribution in [3.63, 3.8) is 0 Å². The van der Waals surface area contributed by atoms with Crippen LogP contribution in [0.2, 0.25) is 0 Å². The van der Waals surface area contributed by atoms with Crippen molar-refractivity contribution in [1.29, 1.82) is 0 Å². The summed E-state index contributed by atoms with van der Waals surface area (Å²) in [6.07, 6.45) is 2.90. The van der Waals surface area contributed by atoms with Gasteiger partial charge in [0.05, 0.1) is 11.8 Å². The van der Waals surface area contributed by atoms with Crippen LogP contribution in [-0.2, 0) is 37.1 Å². The maximum absolute atomic E-state index is 13.7. The molecule has 0 aromatic heterocycles. The molecule has 2 aliphatic carbocycles. The summed E-state index contributed by atoms with van der Waals surface area (Å²) in [7, 11) is -1.81. The molecule has 0 N–H and O–H groups in total. The largest absolute Gasteiger partial charge is 0.487 e. The Balaban J connectivity index is 1.21. The number of carbonyl (C=O) groups is 1. The van der Waals surface area contributed by atoms with Crippen LogP contribution in [0.15, 0.2) is 78.9 Å². The van der Waals surface area contributed by atoms with Gasteiger partial charge >= 0.3 is 5.97 Å². The SMILES string of the molecule is CC(=O)OC(CN1CC[C@]23c4c5cccc4O[C@H]2[C@@H](N(C)S(=O)(=O)Cc2ccccc2)CC[C@H]3[C@H]1C5)c1ccccc1. The predicted molar refractivity (Wildman–Crippen MR) is 161 cm³/mol. The first kappa shape index (κ1) is 27.6. The molecule has 2 bridgehead atoms. The molecule has 2 aliphatic heterocycles. The van der Waals surface area contributed by atoms with E-state index in [9.17, 15) is 13.2 Å². The molecular formula is C34H38N2O5S. The summed E-state index contributed by atoms with van der Waals surface area (Å²) in [5.41, 5.74) is 4.19. The molecule has 220 valence electrons. The normalized spacial score (nSPS) is 28.5. The van der Waals surface area contributed by atoms with E-state index >= 15 is 0 Å². The minimum Gasteiger partial charge on any atom is -0.487 e. The highest BCUT2D eigenvalue weighted by atomic mass is 32.2. The summed E-state index contributed by atoms with van der Waals surface area (Å²) >= 11 is 0. The monoisotopic (exact) mass is 586 g/mol. The molecule has 1 spiro atoms. The summed E-state index contributed by atoms with van der Waals surface area (Å²) in [6.45, 7) is 2.95. The van der Waals surface area contributed by atoms with Crippen LogP contribution in [0.5, 0.6) is 5.75 Å². The number of sulfonamides is 1. The first-order valence-electron chi connectivity index (χ1n) is 15.0. The molecule has 2 fully saturated rings. The van der Waals surface area contributed by atoms with Crippen LogP contribution in [0.4, 0.5) is 0 Å². The van der Waals surface area contributed by atoms with Crippen molar-refractivity contribution in [2.45, 2.75) is 68.1 Å². The van der Waals surface area contributed by atoms with E-state index in [2.05, 4.69) is 23.1 Å². The summed E-state index contributed by atoms with van der Waals surface area (Å²) < 4.78 is 41.7. The molecule has 6 atom stereocenters. The zero-order valence-corrected chi connectivity index (χ0v) is 25.0. The van der Waals surface area contributed by atoms with Crippen molar-refractivity contribution >= 4 is 16.0 Å². The summed E-state index contributed by atoms with van der Waals surface area (Å²) in [5, 5.41) is 0. The molecular weight excluding hydrogens is 548 g/mol. The van der Waals surface area contributed by atoms with Gasteiger partial charge in [0.15, 0.2) is 0 Å². The van der Waals surface area contributed by atoms with Gasteiger partial charge in [-0.1, -0.05) is 72.8 Å². The Morgan fingerprint density at radius 3 is 2.52 bits per heavy atom. The second-order valence-corrected chi connectivity index (χ2v) is 14.4. The first-order chi connectivity index (χ1) is 20.3. The van der Waals surface area contributed by atoms with Crippen molar-refractivity contribution in [3.05, 3.63) is 101 Å². The number of hydrogen-bond acceptors (Lipinski definition) is 6. The van der Waals surface area contributed by atoms with Crippen LogP contribution in [-0.4, -0.2) is 61.9 Å². The predicted octanol–water partition coefficient (Wildman–Crippen LogP) is 4.86. The molecule has 7 nitrogen and oxygen atoms in total. The Hall–Kier alpha value is -3.20. The van der Waals surface area contributed by atoms with Crippen LogP contribution in [0.25, 0.3) is 0 Å². The first-order valence-corrected chi connectivity index (χ1v) is 16.6. The molecule has 7 rings (SSSR count). The van der Waals surface area contributed by atoms with Gasteiger partial charge in [-0.05, 0) is 60.9 Å². The number of ether oxygens (including phenoxy) is 2. The Bertz CT molecular complexity index is 1580. The fraction of sp³-hybridized carbons (Fsp3) is 0.441. The zero-order valence-electron chi connectivity index (χ0n) is 24.2. The summed E-state index contributed by atoms with van der Waals surface area (Å²) in [4.78, 5) is 14.6. The number of rotatable bonds is 8. The maximum Gasteiger partial charge on any atom is 0.303 e. The topological polar surface area (TPSA) is 76.2 Å². The van der Waals surface area contributed by atoms with Crippen molar-refractivity contribution < 1.29 is 22.7 Å². The molecule has 3 aromatic carbocycles. The highest BCUT2D eigenvalue weighted by molar-refractivity contribution is 7.88. The smallest absolute Gasteiger partial charge is 0.303 e. The van der Waals surface area contributed by atoms with E-state index in [0.29, 0.717) is 12.5 Å². The number of likely N-dealkylation sites (tertiary alicyclic amines) is 1. The van der Waals surface area contributed by atoms with Gasteiger partial charge in [0.1, 0.15) is 18.0 Å². The van der Waals surface area contributed by atoms with E-state index in [1.54, 1.807) is 11.4 Å². The van der Waals surface area contributed by atoms with Crippen LogP contribution in [0, 0.1) is 5.92 Å². The third-order valence-electron chi connectivity index (χ3n) is 10.3. The Labute approximate surface area is 248 Å². The lowest BCUT2D eigenvalue weighted by Crippen LogP contribution is -2.69. The van der Waals surface area contributed by atoms with E-state index in [-0.39, 0.29) is 41.4 Å². The fourth-order valence-electron chi connectivity index (χ4n) is 8.55. The van der Waals surface area contributed by atoms with Gasteiger partial charge in [0.2, 0.25) is 10.0 Å². The van der Waals surface area contributed by atoms with Gasteiger partial charge in [0.25, 0.3) is 0 Å². The van der Waals surface area contributed by atoms with Crippen LogP contribution in [0.3, 0.4) is 0 Å². The molecule has 8 heteroatoms. The maximum atomic E-state index is 13.7. The quantitative estimate of drug-likeness (QED) is 0.351. The number of esters is 1. The lowest BCUT2D eigenvalue weighted by atomic mass is 9.51. The minimum atomic E-state index is -3.55. The minimum absolute atomic E-state index is 0.0182. The zero-order chi connectivity index (χ0) is 29.1. The molecule has 1 saturated carbocycles. The van der Waals surface area contributed by atoms with Crippen molar-refractivity contribution in [2.24, 2.45) is 5.92 Å². The third kappa shape index (κ3) is 4.46. The van der Waals surface area contributed by atoms with Gasteiger partial charge in [0, 0.05) is 37.5 Å². The number of hydrogen-bond donors (Lipinski definition) is 0. The average molecular weight is 587 g/mol. The van der Waals surface area contributed by atoms with Crippen molar-refractivity contribution in [1.82, 2.24) is 9.21 Å². The van der Waals surface area contributed by atoms with Crippen molar-refractivity contribution in [2.75, 3.05) is 20.1 Å². The third-order valence-corrected chi connectivity index (χ3v) is 12.1. The lowest BCUT2D eigenvalue weighted by molar-refractivity contribution is -0.149. The van der Waals surface area contributed by atoms with Crippen LogP contribution >= 0.6 is 0 Å². The Morgan fingerprint density at radius 2 is 1.79 bits per heavy atom. The van der Waals surface area contributed by atoms with E-state index < -0.39 is 10.0 Å².